The quantitative estimate of drug-likeness (QED) is 0.685. The van der Waals surface area contributed by atoms with Crippen molar-refractivity contribution in [1.29, 1.82) is 0 Å². The summed E-state index contributed by atoms with van der Waals surface area (Å²) in [4.78, 5) is 24.1. The molecule has 0 radical (unpaired) electrons. The van der Waals surface area contributed by atoms with Gasteiger partial charge < -0.3 is 5.32 Å². The van der Waals surface area contributed by atoms with Gasteiger partial charge in [0.2, 0.25) is 11.8 Å². The summed E-state index contributed by atoms with van der Waals surface area (Å²) in [5.74, 6) is -0.715. The number of rotatable bonds is 7. The van der Waals surface area contributed by atoms with E-state index < -0.39 is 22.2 Å². The molecule has 7 nitrogen and oxygen atoms in total. The first-order chi connectivity index (χ1) is 11.9. The van der Waals surface area contributed by atoms with E-state index in [0.717, 1.165) is 32.1 Å². The molecule has 0 bridgehead atoms. The number of hydrogen-bond donors (Lipinski definition) is 3. The van der Waals surface area contributed by atoms with Gasteiger partial charge in [-0.1, -0.05) is 37.5 Å². The SMILES string of the molecule is CC(CC(=O)NS(=O)(=O)Nc1ccccc1)NC(=O)C1CCCCC1. The fourth-order valence-corrected chi connectivity index (χ4v) is 3.81. The molecule has 0 heterocycles. The molecule has 1 atom stereocenters. The van der Waals surface area contributed by atoms with Gasteiger partial charge in [-0.2, -0.15) is 8.42 Å². The predicted octanol–water partition coefficient (Wildman–Crippen LogP) is 1.93. The van der Waals surface area contributed by atoms with E-state index in [9.17, 15) is 18.0 Å². The number of amides is 2. The molecule has 0 aliphatic heterocycles. The fourth-order valence-electron chi connectivity index (χ4n) is 2.93. The molecular weight excluding hydrogens is 342 g/mol. The van der Waals surface area contributed by atoms with Crippen molar-refractivity contribution in [3.63, 3.8) is 0 Å². The Morgan fingerprint density at radius 1 is 1.12 bits per heavy atom. The molecule has 8 heteroatoms. The van der Waals surface area contributed by atoms with Gasteiger partial charge in [-0.25, -0.2) is 4.72 Å². The average molecular weight is 367 g/mol. The predicted molar refractivity (Wildman–Crippen MR) is 95.9 cm³/mol. The largest absolute Gasteiger partial charge is 0.353 e. The maximum absolute atomic E-state index is 12.1. The second-order valence-electron chi connectivity index (χ2n) is 6.45. The minimum absolute atomic E-state index is 0.00254. The van der Waals surface area contributed by atoms with Crippen molar-refractivity contribution in [2.24, 2.45) is 5.92 Å². The zero-order chi connectivity index (χ0) is 18.3. The summed E-state index contributed by atoms with van der Waals surface area (Å²) in [6, 6.07) is 7.85. The van der Waals surface area contributed by atoms with E-state index in [1.165, 1.54) is 0 Å². The molecule has 0 saturated heterocycles. The van der Waals surface area contributed by atoms with Crippen LogP contribution >= 0.6 is 0 Å². The van der Waals surface area contributed by atoms with E-state index in [1.807, 2.05) is 4.72 Å². The van der Waals surface area contributed by atoms with Gasteiger partial charge in [-0.3, -0.25) is 14.3 Å². The fraction of sp³-hybridized carbons (Fsp3) is 0.529. The summed E-state index contributed by atoms with van der Waals surface area (Å²) >= 11 is 0. The Bertz CT molecular complexity index is 685. The molecule has 1 aromatic carbocycles. The van der Waals surface area contributed by atoms with Crippen LogP contribution in [0.25, 0.3) is 0 Å². The highest BCUT2D eigenvalue weighted by Crippen LogP contribution is 2.23. The molecule has 1 fully saturated rings. The first kappa shape index (κ1) is 19.2. The lowest BCUT2D eigenvalue weighted by molar-refractivity contribution is -0.127. The van der Waals surface area contributed by atoms with Crippen LogP contribution in [0.5, 0.6) is 0 Å². The number of carbonyl (C=O) groups is 2. The number of carbonyl (C=O) groups excluding carboxylic acids is 2. The van der Waals surface area contributed by atoms with Crippen LogP contribution in [0, 0.1) is 5.92 Å². The summed E-state index contributed by atoms with van der Waals surface area (Å²) in [5.41, 5.74) is 0.362. The first-order valence-corrected chi connectivity index (χ1v) is 10.0. The van der Waals surface area contributed by atoms with Crippen molar-refractivity contribution in [3.05, 3.63) is 30.3 Å². The molecule has 1 unspecified atom stereocenters. The molecule has 2 amide bonds. The van der Waals surface area contributed by atoms with Crippen molar-refractivity contribution in [2.75, 3.05) is 4.72 Å². The van der Waals surface area contributed by atoms with Gasteiger partial charge in [0.25, 0.3) is 0 Å². The Balaban J connectivity index is 1.79. The summed E-state index contributed by atoms with van der Waals surface area (Å²) in [7, 11) is -3.99. The van der Waals surface area contributed by atoms with Crippen molar-refractivity contribution in [3.8, 4) is 0 Å². The Hall–Kier alpha value is -2.09. The van der Waals surface area contributed by atoms with Crippen LogP contribution in [-0.2, 0) is 19.8 Å². The van der Waals surface area contributed by atoms with Crippen LogP contribution < -0.4 is 14.8 Å². The molecule has 0 spiro atoms. The Morgan fingerprint density at radius 2 is 1.76 bits per heavy atom. The minimum Gasteiger partial charge on any atom is -0.353 e. The van der Waals surface area contributed by atoms with Crippen molar-refractivity contribution in [1.82, 2.24) is 10.0 Å². The summed E-state index contributed by atoms with van der Waals surface area (Å²) in [6.07, 6.45) is 4.91. The molecular formula is C17H25N3O4S. The molecule has 3 N–H and O–H groups in total. The maximum atomic E-state index is 12.1. The van der Waals surface area contributed by atoms with E-state index in [1.54, 1.807) is 37.3 Å². The Labute approximate surface area is 148 Å². The molecule has 1 aliphatic rings. The topological polar surface area (TPSA) is 104 Å². The number of nitrogens with one attached hydrogen (secondary N) is 3. The van der Waals surface area contributed by atoms with Gasteiger partial charge in [-0.05, 0) is 31.9 Å². The number of anilines is 1. The zero-order valence-electron chi connectivity index (χ0n) is 14.3. The third-order valence-electron chi connectivity index (χ3n) is 4.13. The Kier molecular flexibility index (Phi) is 6.81. The van der Waals surface area contributed by atoms with E-state index in [0.29, 0.717) is 5.69 Å². The van der Waals surface area contributed by atoms with E-state index in [4.69, 9.17) is 0 Å². The molecule has 1 saturated carbocycles. The third kappa shape index (κ3) is 6.74. The maximum Gasteiger partial charge on any atom is 0.323 e. The highest BCUT2D eigenvalue weighted by molar-refractivity contribution is 7.91. The number of para-hydroxylation sites is 1. The van der Waals surface area contributed by atoms with Gasteiger partial charge in [0.15, 0.2) is 0 Å². The highest BCUT2D eigenvalue weighted by atomic mass is 32.2. The van der Waals surface area contributed by atoms with Crippen LogP contribution in [0.1, 0.15) is 45.4 Å². The van der Waals surface area contributed by atoms with Gasteiger partial charge in [0.05, 0.1) is 5.69 Å². The molecule has 2 rings (SSSR count). The standard InChI is InChI=1S/C17H25N3O4S/c1-13(18-17(22)14-8-4-2-5-9-14)12-16(21)20-25(23,24)19-15-10-6-3-7-11-15/h3,6-7,10-11,13-14,19H,2,4-5,8-9,12H2,1H3,(H,18,22)(H,20,21). The smallest absolute Gasteiger partial charge is 0.323 e. The monoisotopic (exact) mass is 367 g/mol. The van der Waals surface area contributed by atoms with Crippen molar-refractivity contribution in [2.45, 2.75) is 51.5 Å². The average Bonchev–Trinajstić information content (AvgIpc) is 2.55. The van der Waals surface area contributed by atoms with Crippen LogP contribution in [0.15, 0.2) is 30.3 Å². The summed E-state index contributed by atoms with van der Waals surface area (Å²) < 4.78 is 28.1. The Morgan fingerprint density at radius 3 is 2.40 bits per heavy atom. The molecule has 1 aromatic rings. The lowest BCUT2D eigenvalue weighted by atomic mass is 9.88. The van der Waals surface area contributed by atoms with Gasteiger partial charge in [0.1, 0.15) is 0 Å². The summed E-state index contributed by atoms with van der Waals surface area (Å²) in [6.45, 7) is 1.69. The van der Waals surface area contributed by atoms with Gasteiger partial charge >= 0.3 is 10.2 Å². The molecule has 1 aliphatic carbocycles. The third-order valence-corrected chi connectivity index (χ3v) is 5.13. The van der Waals surface area contributed by atoms with Crippen LogP contribution in [0.3, 0.4) is 0 Å². The zero-order valence-corrected chi connectivity index (χ0v) is 15.1. The van der Waals surface area contributed by atoms with Crippen molar-refractivity contribution < 1.29 is 18.0 Å². The van der Waals surface area contributed by atoms with Gasteiger partial charge in [-0.15, -0.1) is 0 Å². The minimum atomic E-state index is -3.99. The molecule has 0 aromatic heterocycles. The highest BCUT2D eigenvalue weighted by Gasteiger charge is 2.23. The molecule has 138 valence electrons. The van der Waals surface area contributed by atoms with E-state index in [-0.39, 0.29) is 18.2 Å². The second-order valence-corrected chi connectivity index (χ2v) is 7.86. The summed E-state index contributed by atoms with van der Waals surface area (Å²) in [5, 5.41) is 2.80. The van der Waals surface area contributed by atoms with Gasteiger partial charge in [0, 0.05) is 18.4 Å². The lowest BCUT2D eigenvalue weighted by Gasteiger charge is -2.23. The number of hydrogen-bond acceptors (Lipinski definition) is 4. The second kappa shape index (κ2) is 8.84. The first-order valence-electron chi connectivity index (χ1n) is 8.54. The lowest BCUT2D eigenvalue weighted by Crippen LogP contribution is -2.42. The molecule has 25 heavy (non-hydrogen) atoms. The van der Waals surface area contributed by atoms with E-state index >= 15 is 0 Å². The normalized spacial score (nSPS) is 16.7. The van der Waals surface area contributed by atoms with Crippen LogP contribution in [0.4, 0.5) is 5.69 Å². The van der Waals surface area contributed by atoms with Crippen molar-refractivity contribution >= 4 is 27.7 Å². The van der Waals surface area contributed by atoms with E-state index in [2.05, 4.69) is 10.0 Å². The van der Waals surface area contributed by atoms with Crippen LogP contribution in [-0.4, -0.2) is 26.3 Å². The number of benzene rings is 1. The van der Waals surface area contributed by atoms with Crippen LogP contribution in [0.2, 0.25) is 0 Å².